The molecule has 8 heteroatoms. The Morgan fingerprint density at radius 2 is 1.88 bits per heavy atom. The summed E-state index contributed by atoms with van der Waals surface area (Å²) >= 11 is 0. The molecule has 142 valence electrons. The molecule has 0 aliphatic rings. The van der Waals surface area contributed by atoms with Crippen LogP contribution in [0.1, 0.15) is 22.4 Å². The van der Waals surface area contributed by atoms with Gasteiger partial charge in [-0.15, -0.1) is 24.0 Å². The van der Waals surface area contributed by atoms with Gasteiger partial charge in [0.2, 0.25) is 0 Å². The maximum Gasteiger partial charge on any atom is 0.191 e. The number of benzene rings is 1. The van der Waals surface area contributed by atoms with E-state index < -0.39 is 11.6 Å². The molecule has 0 aliphatic heterocycles. The molecule has 0 radical (unpaired) electrons. The summed E-state index contributed by atoms with van der Waals surface area (Å²) in [7, 11) is 3.23. The molecule has 0 amide bonds. The van der Waals surface area contributed by atoms with Gasteiger partial charge < -0.3 is 15.4 Å². The Hall–Kier alpha value is -1.97. The summed E-state index contributed by atoms with van der Waals surface area (Å²) in [5.74, 6) is 0.318. The zero-order chi connectivity index (χ0) is 18.4. The number of nitrogens with one attached hydrogen (secondary N) is 2. The monoisotopic (exact) mass is 476 g/mol. The number of hydrogen-bond acceptors (Lipinski definition) is 3. The Morgan fingerprint density at radius 1 is 1.19 bits per heavy atom. The van der Waals surface area contributed by atoms with Crippen molar-refractivity contribution in [2.75, 3.05) is 14.2 Å². The fourth-order valence-corrected chi connectivity index (χ4v) is 2.50. The van der Waals surface area contributed by atoms with Crippen LogP contribution in [0.15, 0.2) is 29.4 Å². The molecule has 2 rings (SSSR count). The normalized spacial score (nSPS) is 10.9. The van der Waals surface area contributed by atoms with Gasteiger partial charge >= 0.3 is 0 Å². The molecule has 1 aromatic carbocycles. The van der Waals surface area contributed by atoms with Gasteiger partial charge in [-0.3, -0.25) is 9.98 Å². The molecular formula is C18H23F2IN4O. The molecule has 26 heavy (non-hydrogen) atoms. The minimum Gasteiger partial charge on any atom is -0.496 e. The van der Waals surface area contributed by atoms with Gasteiger partial charge in [-0.25, -0.2) is 8.78 Å². The van der Waals surface area contributed by atoms with E-state index in [9.17, 15) is 8.78 Å². The van der Waals surface area contributed by atoms with Crippen LogP contribution in [0, 0.1) is 25.5 Å². The summed E-state index contributed by atoms with van der Waals surface area (Å²) in [6.45, 7) is 4.42. The Bertz CT molecular complexity index is 784. The number of halogens is 3. The lowest BCUT2D eigenvalue weighted by Crippen LogP contribution is -2.36. The van der Waals surface area contributed by atoms with Gasteiger partial charge in [-0.2, -0.15) is 0 Å². The second-order valence-electron chi connectivity index (χ2n) is 5.56. The third-order valence-corrected chi connectivity index (χ3v) is 3.85. The zero-order valence-corrected chi connectivity index (χ0v) is 17.5. The van der Waals surface area contributed by atoms with Crippen LogP contribution < -0.4 is 15.4 Å². The summed E-state index contributed by atoms with van der Waals surface area (Å²) in [6, 6.07) is 3.35. The highest BCUT2D eigenvalue weighted by Crippen LogP contribution is 2.23. The quantitative estimate of drug-likeness (QED) is 0.395. The fraction of sp³-hybridized carbons (Fsp3) is 0.333. The molecule has 0 fully saturated rings. The molecule has 0 atom stereocenters. The summed E-state index contributed by atoms with van der Waals surface area (Å²) in [5.41, 5.74) is 2.96. The Kier molecular flexibility index (Phi) is 8.70. The van der Waals surface area contributed by atoms with E-state index in [1.54, 1.807) is 20.4 Å². The Morgan fingerprint density at radius 3 is 2.54 bits per heavy atom. The summed E-state index contributed by atoms with van der Waals surface area (Å²) in [4.78, 5) is 8.48. The van der Waals surface area contributed by atoms with Crippen molar-refractivity contribution in [2.45, 2.75) is 26.9 Å². The SMILES string of the molecule is CN=C(NCc1cc(F)ccc1F)NCc1ncc(C)c(OC)c1C.I. The van der Waals surface area contributed by atoms with Crippen molar-refractivity contribution in [3.05, 3.63) is 58.4 Å². The van der Waals surface area contributed by atoms with E-state index in [0.29, 0.717) is 12.5 Å². The van der Waals surface area contributed by atoms with Crippen molar-refractivity contribution >= 4 is 29.9 Å². The highest BCUT2D eigenvalue weighted by atomic mass is 127. The number of aryl methyl sites for hydroxylation is 1. The van der Waals surface area contributed by atoms with Crippen molar-refractivity contribution in [1.82, 2.24) is 15.6 Å². The van der Waals surface area contributed by atoms with E-state index in [1.165, 1.54) is 0 Å². The molecule has 0 saturated heterocycles. The highest BCUT2D eigenvalue weighted by Gasteiger charge is 2.10. The number of aromatic nitrogens is 1. The first-order valence-corrected chi connectivity index (χ1v) is 7.83. The third kappa shape index (κ3) is 5.52. The molecule has 0 spiro atoms. The first-order chi connectivity index (χ1) is 12.0. The molecule has 0 unspecified atom stereocenters. The van der Waals surface area contributed by atoms with E-state index in [1.807, 2.05) is 13.8 Å². The van der Waals surface area contributed by atoms with E-state index in [2.05, 4.69) is 20.6 Å². The van der Waals surface area contributed by atoms with E-state index in [4.69, 9.17) is 4.74 Å². The van der Waals surface area contributed by atoms with E-state index >= 15 is 0 Å². The van der Waals surface area contributed by atoms with Crippen LogP contribution in [-0.2, 0) is 13.1 Å². The molecule has 2 aromatic rings. The summed E-state index contributed by atoms with van der Waals surface area (Å²) in [6.07, 6.45) is 1.75. The van der Waals surface area contributed by atoms with E-state index in [-0.39, 0.29) is 36.1 Å². The summed E-state index contributed by atoms with van der Waals surface area (Å²) in [5, 5.41) is 6.06. The number of hydrogen-bond donors (Lipinski definition) is 2. The second kappa shape index (κ2) is 10.2. The van der Waals surface area contributed by atoms with Gasteiger partial charge in [0.15, 0.2) is 5.96 Å². The zero-order valence-electron chi connectivity index (χ0n) is 15.2. The third-order valence-electron chi connectivity index (χ3n) is 3.85. The van der Waals surface area contributed by atoms with Crippen molar-refractivity contribution in [1.29, 1.82) is 0 Å². The van der Waals surface area contributed by atoms with Crippen LogP contribution >= 0.6 is 24.0 Å². The number of methoxy groups -OCH3 is 1. The van der Waals surface area contributed by atoms with Crippen molar-refractivity contribution in [3.63, 3.8) is 0 Å². The molecule has 0 bridgehead atoms. The highest BCUT2D eigenvalue weighted by molar-refractivity contribution is 14.0. The van der Waals surface area contributed by atoms with Crippen LogP contribution in [0.2, 0.25) is 0 Å². The van der Waals surface area contributed by atoms with Gasteiger partial charge in [0, 0.05) is 36.5 Å². The predicted octanol–water partition coefficient (Wildman–Crippen LogP) is 3.47. The molecule has 2 N–H and O–H groups in total. The van der Waals surface area contributed by atoms with Gasteiger partial charge in [-0.1, -0.05) is 0 Å². The standard InChI is InChI=1S/C18H22F2N4O.HI/c1-11-8-22-16(12(2)17(11)25-4)10-24-18(21-3)23-9-13-7-14(19)5-6-15(13)20;/h5-8H,9-10H2,1-4H3,(H2,21,23,24);1H. The van der Waals surface area contributed by atoms with Crippen LogP contribution in [0.25, 0.3) is 0 Å². The Labute approximate surface area is 169 Å². The van der Waals surface area contributed by atoms with Gasteiger partial charge in [-0.05, 0) is 32.0 Å². The average Bonchev–Trinajstić information content (AvgIpc) is 2.59. The fourth-order valence-electron chi connectivity index (χ4n) is 2.50. The topological polar surface area (TPSA) is 58.5 Å². The van der Waals surface area contributed by atoms with Gasteiger partial charge in [0.1, 0.15) is 17.4 Å². The van der Waals surface area contributed by atoms with Gasteiger partial charge in [0.25, 0.3) is 0 Å². The number of ether oxygens (including phenoxy) is 1. The minimum absolute atomic E-state index is 0. The van der Waals surface area contributed by atoms with Gasteiger partial charge in [0.05, 0.1) is 19.3 Å². The van der Waals surface area contributed by atoms with Crippen molar-refractivity contribution in [3.8, 4) is 5.75 Å². The number of aliphatic imine (C=N–C) groups is 1. The molecule has 5 nitrogen and oxygen atoms in total. The molecule has 1 aromatic heterocycles. The molecule has 1 heterocycles. The first kappa shape index (κ1) is 22.1. The Balaban J connectivity index is 0.00000338. The predicted molar refractivity (Wildman–Crippen MR) is 109 cm³/mol. The lowest BCUT2D eigenvalue weighted by Gasteiger charge is -2.15. The largest absolute Gasteiger partial charge is 0.496 e. The average molecular weight is 476 g/mol. The molecule has 0 saturated carbocycles. The number of nitrogens with zero attached hydrogens (tertiary/aromatic N) is 2. The number of rotatable bonds is 5. The van der Waals surface area contributed by atoms with Crippen LogP contribution in [0.3, 0.4) is 0 Å². The van der Waals surface area contributed by atoms with Crippen LogP contribution in [0.4, 0.5) is 8.78 Å². The smallest absolute Gasteiger partial charge is 0.191 e. The lowest BCUT2D eigenvalue weighted by molar-refractivity contribution is 0.406. The van der Waals surface area contributed by atoms with E-state index in [0.717, 1.165) is 40.8 Å². The maximum atomic E-state index is 13.7. The number of guanidine groups is 1. The summed E-state index contributed by atoms with van der Waals surface area (Å²) < 4.78 is 32.3. The van der Waals surface area contributed by atoms with Crippen LogP contribution in [-0.4, -0.2) is 25.1 Å². The molecular weight excluding hydrogens is 453 g/mol. The lowest BCUT2D eigenvalue weighted by atomic mass is 10.1. The molecule has 0 aliphatic carbocycles. The maximum absolute atomic E-state index is 13.7. The number of pyridine rings is 1. The second-order valence-corrected chi connectivity index (χ2v) is 5.56. The van der Waals surface area contributed by atoms with Crippen molar-refractivity contribution in [2.24, 2.45) is 4.99 Å². The van der Waals surface area contributed by atoms with Crippen molar-refractivity contribution < 1.29 is 13.5 Å². The van der Waals surface area contributed by atoms with Crippen LogP contribution in [0.5, 0.6) is 5.75 Å². The first-order valence-electron chi connectivity index (χ1n) is 7.83. The minimum atomic E-state index is -0.479.